The van der Waals surface area contributed by atoms with Crippen molar-refractivity contribution in [2.75, 3.05) is 17.7 Å². The van der Waals surface area contributed by atoms with Gasteiger partial charge in [-0.2, -0.15) is 5.26 Å². The topological polar surface area (TPSA) is 62.1 Å². The number of nitrogens with zero attached hydrogens (tertiary/aromatic N) is 1. The van der Waals surface area contributed by atoms with Crippen molar-refractivity contribution in [3.63, 3.8) is 0 Å². The number of amides is 1. The lowest BCUT2D eigenvalue weighted by Gasteiger charge is -2.22. The third kappa shape index (κ3) is 3.21. The van der Waals surface area contributed by atoms with Crippen molar-refractivity contribution >= 4 is 23.4 Å². The Labute approximate surface area is 117 Å². The molecule has 100 valence electrons. The largest absolute Gasteiger partial charge is 0.477 e. The van der Waals surface area contributed by atoms with Crippen LogP contribution in [0.4, 0.5) is 5.69 Å². The lowest BCUT2D eigenvalue weighted by atomic mass is 10.0. The van der Waals surface area contributed by atoms with Gasteiger partial charge in [0.15, 0.2) is 6.61 Å². The van der Waals surface area contributed by atoms with Crippen molar-refractivity contribution < 1.29 is 9.53 Å². The molecule has 1 atom stereocenters. The number of thioether (sulfide) groups is 1. The summed E-state index contributed by atoms with van der Waals surface area (Å²) in [6, 6.07) is 9.10. The molecule has 1 aromatic rings. The van der Waals surface area contributed by atoms with E-state index in [1.54, 1.807) is 23.9 Å². The number of benzene rings is 1. The van der Waals surface area contributed by atoms with Crippen molar-refractivity contribution in [3.05, 3.63) is 24.3 Å². The Morgan fingerprint density at radius 2 is 2.37 bits per heavy atom. The van der Waals surface area contributed by atoms with Crippen LogP contribution in [0.5, 0.6) is 5.75 Å². The quantitative estimate of drug-likeness (QED) is 0.918. The highest BCUT2D eigenvalue weighted by Gasteiger charge is 2.37. The lowest BCUT2D eigenvalue weighted by Crippen LogP contribution is -2.34. The minimum Gasteiger partial charge on any atom is -0.477 e. The van der Waals surface area contributed by atoms with E-state index in [1.165, 1.54) is 0 Å². The second-order valence-electron chi connectivity index (χ2n) is 4.58. The molecule has 1 aliphatic rings. The van der Waals surface area contributed by atoms with E-state index < -0.39 is 0 Å². The SMILES string of the molecule is CC1(C(=O)Nc2ccccc2OCC#N)CCCS1. The Morgan fingerprint density at radius 1 is 1.58 bits per heavy atom. The van der Waals surface area contributed by atoms with Gasteiger partial charge in [-0.25, -0.2) is 0 Å². The zero-order valence-electron chi connectivity index (χ0n) is 10.8. The predicted molar refractivity (Wildman–Crippen MR) is 76.3 cm³/mol. The van der Waals surface area contributed by atoms with Crippen LogP contribution >= 0.6 is 11.8 Å². The standard InChI is InChI=1S/C14H16N2O2S/c1-14(7-4-10-19-14)13(17)16-11-5-2-3-6-12(11)18-9-8-15/h2-3,5-6H,4,7,9-10H2,1H3,(H,16,17). The Kier molecular flexibility index (Phi) is 4.33. The molecule has 1 saturated heterocycles. The smallest absolute Gasteiger partial charge is 0.240 e. The van der Waals surface area contributed by atoms with Gasteiger partial charge in [0.1, 0.15) is 11.8 Å². The minimum absolute atomic E-state index is 0.00278. The Bertz CT molecular complexity index is 504. The first-order valence-corrected chi connectivity index (χ1v) is 7.18. The van der Waals surface area contributed by atoms with Gasteiger partial charge in [-0.1, -0.05) is 12.1 Å². The first-order valence-electron chi connectivity index (χ1n) is 6.20. The second kappa shape index (κ2) is 5.98. The summed E-state index contributed by atoms with van der Waals surface area (Å²) in [7, 11) is 0. The Hall–Kier alpha value is -1.67. The summed E-state index contributed by atoms with van der Waals surface area (Å²) in [5.74, 6) is 1.56. The molecule has 0 saturated carbocycles. The van der Waals surface area contributed by atoms with Crippen LogP contribution in [0.25, 0.3) is 0 Å². The van der Waals surface area contributed by atoms with E-state index in [-0.39, 0.29) is 17.3 Å². The van der Waals surface area contributed by atoms with E-state index in [2.05, 4.69) is 5.32 Å². The maximum absolute atomic E-state index is 12.3. The number of rotatable bonds is 4. The summed E-state index contributed by atoms with van der Waals surface area (Å²) in [6.07, 6.45) is 1.96. The highest BCUT2D eigenvalue weighted by Crippen LogP contribution is 2.39. The zero-order valence-corrected chi connectivity index (χ0v) is 11.6. The average molecular weight is 276 g/mol. The number of ether oxygens (including phenoxy) is 1. The zero-order chi connectivity index (χ0) is 13.7. The van der Waals surface area contributed by atoms with Gasteiger partial charge < -0.3 is 10.1 Å². The molecule has 1 aliphatic heterocycles. The molecule has 1 fully saturated rings. The van der Waals surface area contributed by atoms with Crippen molar-refractivity contribution in [1.29, 1.82) is 5.26 Å². The Balaban J connectivity index is 2.10. The number of nitriles is 1. The fraction of sp³-hybridized carbons (Fsp3) is 0.429. The van der Waals surface area contributed by atoms with Crippen LogP contribution in [0.2, 0.25) is 0 Å². The molecule has 19 heavy (non-hydrogen) atoms. The molecule has 2 rings (SSSR count). The minimum atomic E-state index is -0.359. The molecule has 0 bridgehead atoms. The van der Waals surface area contributed by atoms with Crippen LogP contribution in [-0.2, 0) is 4.79 Å². The van der Waals surface area contributed by atoms with Crippen molar-refractivity contribution in [2.24, 2.45) is 0 Å². The summed E-state index contributed by atoms with van der Waals surface area (Å²) >= 11 is 1.69. The summed E-state index contributed by atoms with van der Waals surface area (Å²) in [4.78, 5) is 12.3. The fourth-order valence-electron chi connectivity index (χ4n) is 2.02. The molecule has 1 aromatic carbocycles. The van der Waals surface area contributed by atoms with Gasteiger partial charge in [-0.15, -0.1) is 11.8 Å². The summed E-state index contributed by atoms with van der Waals surface area (Å²) in [5, 5.41) is 11.5. The van der Waals surface area contributed by atoms with E-state index in [1.807, 2.05) is 25.1 Å². The molecule has 0 spiro atoms. The van der Waals surface area contributed by atoms with Crippen LogP contribution in [0.3, 0.4) is 0 Å². The van der Waals surface area contributed by atoms with Crippen molar-refractivity contribution in [1.82, 2.24) is 0 Å². The second-order valence-corrected chi connectivity index (χ2v) is 6.18. The molecule has 1 unspecified atom stereocenters. The third-order valence-corrected chi connectivity index (χ3v) is 4.65. The maximum atomic E-state index is 12.3. The van der Waals surface area contributed by atoms with E-state index in [9.17, 15) is 4.79 Å². The third-order valence-electron chi connectivity index (χ3n) is 3.13. The first-order chi connectivity index (χ1) is 9.15. The summed E-state index contributed by atoms with van der Waals surface area (Å²) in [6.45, 7) is 1.94. The molecule has 5 heteroatoms. The number of para-hydroxylation sites is 2. The maximum Gasteiger partial charge on any atom is 0.240 e. The molecule has 0 radical (unpaired) electrons. The van der Waals surface area contributed by atoms with E-state index >= 15 is 0 Å². The molecule has 4 nitrogen and oxygen atoms in total. The van der Waals surface area contributed by atoms with Crippen LogP contribution in [-0.4, -0.2) is 23.0 Å². The summed E-state index contributed by atoms with van der Waals surface area (Å²) in [5.41, 5.74) is 0.622. The van der Waals surface area contributed by atoms with E-state index in [0.29, 0.717) is 11.4 Å². The van der Waals surface area contributed by atoms with Crippen LogP contribution in [0.15, 0.2) is 24.3 Å². The number of hydrogen-bond donors (Lipinski definition) is 1. The molecule has 1 amide bonds. The monoisotopic (exact) mass is 276 g/mol. The highest BCUT2D eigenvalue weighted by atomic mass is 32.2. The first kappa shape index (κ1) is 13.8. The summed E-state index contributed by atoms with van der Waals surface area (Å²) < 4.78 is 4.94. The number of carbonyl (C=O) groups excluding carboxylic acids is 1. The van der Waals surface area contributed by atoms with Crippen LogP contribution in [0.1, 0.15) is 19.8 Å². The number of hydrogen-bond acceptors (Lipinski definition) is 4. The van der Waals surface area contributed by atoms with Gasteiger partial charge in [-0.3, -0.25) is 4.79 Å². The van der Waals surface area contributed by atoms with Gasteiger partial charge in [0.2, 0.25) is 5.91 Å². The number of carbonyl (C=O) groups is 1. The molecular weight excluding hydrogens is 260 g/mol. The number of nitrogens with one attached hydrogen (secondary N) is 1. The van der Waals surface area contributed by atoms with Crippen molar-refractivity contribution in [2.45, 2.75) is 24.5 Å². The van der Waals surface area contributed by atoms with E-state index in [0.717, 1.165) is 18.6 Å². The average Bonchev–Trinajstić information content (AvgIpc) is 2.86. The van der Waals surface area contributed by atoms with Gasteiger partial charge in [0.05, 0.1) is 10.4 Å². The van der Waals surface area contributed by atoms with Crippen LogP contribution in [0, 0.1) is 11.3 Å². The van der Waals surface area contributed by atoms with E-state index in [4.69, 9.17) is 10.00 Å². The van der Waals surface area contributed by atoms with Crippen molar-refractivity contribution in [3.8, 4) is 11.8 Å². The lowest BCUT2D eigenvalue weighted by molar-refractivity contribution is -0.118. The normalized spacial score (nSPS) is 21.7. The fourth-order valence-corrected chi connectivity index (χ4v) is 3.23. The molecule has 1 N–H and O–H groups in total. The van der Waals surface area contributed by atoms with Gasteiger partial charge in [-0.05, 0) is 37.7 Å². The van der Waals surface area contributed by atoms with Gasteiger partial charge >= 0.3 is 0 Å². The predicted octanol–water partition coefficient (Wildman–Crippen LogP) is 2.81. The Morgan fingerprint density at radius 3 is 3.05 bits per heavy atom. The van der Waals surface area contributed by atoms with Gasteiger partial charge in [0, 0.05) is 0 Å². The van der Waals surface area contributed by atoms with Crippen LogP contribution < -0.4 is 10.1 Å². The molecule has 1 heterocycles. The molecule has 0 aliphatic carbocycles. The number of anilines is 1. The highest BCUT2D eigenvalue weighted by molar-refractivity contribution is 8.01. The van der Waals surface area contributed by atoms with Gasteiger partial charge in [0.25, 0.3) is 0 Å². The molecule has 0 aromatic heterocycles. The molecular formula is C14H16N2O2S.